The van der Waals surface area contributed by atoms with Gasteiger partial charge in [-0.1, -0.05) is 41.9 Å². The molecule has 1 aliphatic carbocycles. The topological polar surface area (TPSA) is 37.3 Å². The second-order valence-corrected chi connectivity index (χ2v) is 10.2. The Morgan fingerprint density at radius 1 is 0.939 bits per heavy atom. The van der Waals surface area contributed by atoms with Crippen LogP contribution in [0.4, 0.5) is 10.5 Å². The first-order valence-electron chi connectivity index (χ1n) is 11.4. The van der Waals surface area contributed by atoms with Crippen molar-refractivity contribution in [3.8, 4) is 5.00 Å². The summed E-state index contributed by atoms with van der Waals surface area (Å²) in [7, 11) is 0. The molecular formula is C27H24ClN3OS. The van der Waals surface area contributed by atoms with Gasteiger partial charge in [-0.25, -0.2) is 4.79 Å². The van der Waals surface area contributed by atoms with Gasteiger partial charge in [0.25, 0.3) is 0 Å². The van der Waals surface area contributed by atoms with Crippen LogP contribution in [0.2, 0.25) is 5.02 Å². The number of nitrogens with one attached hydrogen (secondary N) is 1. The van der Waals surface area contributed by atoms with Crippen LogP contribution in [-0.4, -0.2) is 15.5 Å². The molecular weight excluding hydrogens is 450 g/mol. The quantitative estimate of drug-likeness (QED) is 0.328. The molecule has 1 atom stereocenters. The van der Waals surface area contributed by atoms with Gasteiger partial charge < -0.3 is 14.8 Å². The molecule has 1 unspecified atom stereocenters. The van der Waals surface area contributed by atoms with Crippen molar-refractivity contribution in [3.63, 3.8) is 0 Å². The molecule has 0 spiro atoms. The van der Waals surface area contributed by atoms with Crippen LogP contribution >= 0.6 is 22.9 Å². The first kappa shape index (κ1) is 20.6. The maximum atomic E-state index is 13.8. The molecule has 0 bridgehead atoms. The Morgan fingerprint density at radius 3 is 2.55 bits per heavy atom. The lowest BCUT2D eigenvalue weighted by atomic mass is 9.95. The van der Waals surface area contributed by atoms with Gasteiger partial charge >= 0.3 is 6.03 Å². The molecule has 0 fully saturated rings. The van der Waals surface area contributed by atoms with Gasteiger partial charge in [0.05, 0.1) is 18.3 Å². The average molecular weight is 474 g/mol. The van der Waals surface area contributed by atoms with Crippen molar-refractivity contribution in [2.45, 2.75) is 38.3 Å². The Labute approximate surface area is 202 Å². The smallest absolute Gasteiger partial charge is 0.310 e. The number of thiophene rings is 1. The highest BCUT2D eigenvalue weighted by atomic mass is 35.5. The molecule has 2 aliphatic rings. The highest BCUT2D eigenvalue weighted by molar-refractivity contribution is 7.15. The van der Waals surface area contributed by atoms with E-state index in [0.29, 0.717) is 11.6 Å². The zero-order valence-corrected chi connectivity index (χ0v) is 19.7. The standard InChI is InChI=1S/C27H24ClN3OS/c28-19-14-12-18(13-15-19)25-23-10-6-16-30(23)26-22(21-9-4-5-11-24(21)33-26)17-31(25)27(32)29-20-7-2-1-3-8-20/h1-3,6-8,10,12-16,25H,4-5,9,11,17H2,(H,29,32). The minimum atomic E-state index is -0.222. The van der Waals surface area contributed by atoms with Crippen LogP contribution in [0.1, 0.15) is 46.1 Å². The van der Waals surface area contributed by atoms with Crippen molar-refractivity contribution in [3.05, 3.63) is 105 Å². The molecule has 0 saturated carbocycles. The first-order chi connectivity index (χ1) is 16.2. The van der Waals surface area contributed by atoms with E-state index in [9.17, 15) is 4.79 Å². The first-order valence-corrected chi connectivity index (χ1v) is 12.6. The van der Waals surface area contributed by atoms with E-state index in [-0.39, 0.29) is 12.1 Å². The summed E-state index contributed by atoms with van der Waals surface area (Å²) in [4.78, 5) is 17.3. The maximum Gasteiger partial charge on any atom is 0.322 e. The number of urea groups is 1. The lowest BCUT2D eigenvalue weighted by molar-refractivity contribution is 0.194. The number of anilines is 1. The molecule has 4 nitrogen and oxygen atoms in total. The Bertz CT molecular complexity index is 1310. The molecule has 4 aromatic rings. The largest absolute Gasteiger partial charge is 0.322 e. The van der Waals surface area contributed by atoms with Gasteiger partial charge in [0, 0.05) is 27.3 Å². The summed E-state index contributed by atoms with van der Waals surface area (Å²) in [5, 5.41) is 5.08. The van der Waals surface area contributed by atoms with Gasteiger partial charge in [-0.05, 0) is 73.2 Å². The highest BCUT2D eigenvalue weighted by Gasteiger charge is 2.36. The number of halogens is 1. The van der Waals surface area contributed by atoms with Crippen LogP contribution in [0.25, 0.3) is 5.00 Å². The van der Waals surface area contributed by atoms with E-state index in [1.54, 1.807) is 0 Å². The number of rotatable bonds is 2. The van der Waals surface area contributed by atoms with Gasteiger partial charge in [-0.15, -0.1) is 11.3 Å². The van der Waals surface area contributed by atoms with Crippen molar-refractivity contribution in [2.24, 2.45) is 0 Å². The Kier molecular flexibility index (Phi) is 5.24. The number of nitrogens with zero attached hydrogens (tertiary/aromatic N) is 2. The van der Waals surface area contributed by atoms with Gasteiger partial charge in [0.15, 0.2) is 0 Å². The number of aryl methyl sites for hydroxylation is 1. The average Bonchev–Trinajstić information content (AvgIpc) is 3.42. The fourth-order valence-electron chi connectivity index (χ4n) is 5.10. The summed E-state index contributed by atoms with van der Waals surface area (Å²) in [6.07, 6.45) is 6.83. The van der Waals surface area contributed by atoms with Crippen molar-refractivity contribution >= 4 is 34.7 Å². The molecule has 2 aromatic heterocycles. The van der Waals surface area contributed by atoms with E-state index in [1.807, 2.05) is 70.8 Å². The molecule has 0 radical (unpaired) electrons. The minimum absolute atomic E-state index is 0.0995. The van der Waals surface area contributed by atoms with Gasteiger partial charge in [0.2, 0.25) is 0 Å². The lowest BCUT2D eigenvalue weighted by Crippen LogP contribution is -2.38. The molecule has 1 N–H and O–H groups in total. The number of hydrogen-bond acceptors (Lipinski definition) is 2. The number of fused-ring (bicyclic) bond motifs is 5. The number of amides is 2. The molecule has 3 heterocycles. The van der Waals surface area contributed by atoms with E-state index in [0.717, 1.165) is 29.8 Å². The summed E-state index contributed by atoms with van der Waals surface area (Å²) >= 11 is 8.11. The zero-order valence-electron chi connectivity index (χ0n) is 18.1. The van der Waals surface area contributed by atoms with Crippen LogP contribution in [0.15, 0.2) is 72.9 Å². The van der Waals surface area contributed by atoms with Crippen LogP contribution in [0, 0.1) is 0 Å². The highest BCUT2D eigenvalue weighted by Crippen LogP contribution is 2.44. The maximum absolute atomic E-state index is 13.8. The lowest BCUT2D eigenvalue weighted by Gasteiger charge is -2.31. The normalized spacial score (nSPS) is 17.0. The Hall–Kier alpha value is -3.02. The van der Waals surface area contributed by atoms with Crippen molar-refractivity contribution in [1.82, 2.24) is 9.47 Å². The summed E-state index contributed by atoms with van der Waals surface area (Å²) < 4.78 is 2.30. The third-order valence-electron chi connectivity index (χ3n) is 6.65. The van der Waals surface area contributed by atoms with Crippen LogP contribution in [0.3, 0.4) is 0 Å². The molecule has 6 heteroatoms. The summed E-state index contributed by atoms with van der Waals surface area (Å²) in [5.41, 5.74) is 5.69. The SMILES string of the molecule is O=C(Nc1ccccc1)N1Cc2c(sc3c2CCCC3)-n2cccc2C1c1ccc(Cl)cc1. The molecule has 2 amide bonds. The number of aromatic nitrogens is 1. The van der Waals surface area contributed by atoms with Gasteiger partial charge in [-0.3, -0.25) is 0 Å². The summed E-state index contributed by atoms with van der Waals surface area (Å²) in [6, 6.07) is 21.4. The second kappa shape index (κ2) is 8.40. The number of carbonyl (C=O) groups excluding carboxylic acids is 1. The molecule has 33 heavy (non-hydrogen) atoms. The molecule has 0 saturated heterocycles. The van der Waals surface area contributed by atoms with Crippen molar-refractivity contribution in [2.75, 3.05) is 5.32 Å². The molecule has 166 valence electrons. The third kappa shape index (κ3) is 3.65. The number of carbonyl (C=O) groups is 1. The van der Waals surface area contributed by atoms with E-state index in [2.05, 4.69) is 28.2 Å². The molecule has 2 aromatic carbocycles. The zero-order chi connectivity index (χ0) is 22.4. The Morgan fingerprint density at radius 2 is 1.73 bits per heavy atom. The fourth-order valence-corrected chi connectivity index (χ4v) is 6.63. The number of benzene rings is 2. The molecule has 1 aliphatic heterocycles. The predicted molar refractivity (Wildman–Crippen MR) is 135 cm³/mol. The monoisotopic (exact) mass is 473 g/mol. The van der Waals surface area contributed by atoms with Crippen molar-refractivity contribution in [1.29, 1.82) is 0 Å². The number of para-hydroxylation sites is 1. The van der Waals surface area contributed by atoms with E-state index >= 15 is 0 Å². The minimum Gasteiger partial charge on any atom is -0.310 e. The van der Waals surface area contributed by atoms with Crippen LogP contribution < -0.4 is 5.32 Å². The predicted octanol–water partition coefficient (Wildman–Crippen LogP) is 7.21. The van der Waals surface area contributed by atoms with Gasteiger partial charge in [0.1, 0.15) is 5.00 Å². The Balaban J connectivity index is 1.51. The van der Waals surface area contributed by atoms with Crippen molar-refractivity contribution < 1.29 is 4.79 Å². The van der Waals surface area contributed by atoms with E-state index in [4.69, 9.17) is 11.6 Å². The summed E-state index contributed by atoms with van der Waals surface area (Å²) in [6.45, 7) is 0.578. The second-order valence-electron chi connectivity index (χ2n) is 8.68. The van der Waals surface area contributed by atoms with E-state index < -0.39 is 0 Å². The van der Waals surface area contributed by atoms with Crippen LogP contribution in [-0.2, 0) is 19.4 Å². The van der Waals surface area contributed by atoms with Gasteiger partial charge in [-0.2, -0.15) is 0 Å². The fraction of sp³-hybridized carbons (Fsp3) is 0.222. The summed E-state index contributed by atoms with van der Waals surface area (Å²) in [5.74, 6) is 0. The molecule has 6 rings (SSSR count). The number of hydrogen-bond donors (Lipinski definition) is 1. The third-order valence-corrected chi connectivity index (χ3v) is 8.24. The van der Waals surface area contributed by atoms with E-state index in [1.165, 1.54) is 33.8 Å². The van der Waals surface area contributed by atoms with Crippen LogP contribution in [0.5, 0.6) is 0 Å².